The third-order valence-electron chi connectivity index (χ3n) is 5.70. The van der Waals surface area contributed by atoms with E-state index < -0.39 is 0 Å². The van der Waals surface area contributed by atoms with E-state index in [0.29, 0.717) is 12.1 Å². The van der Waals surface area contributed by atoms with Crippen molar-refractivity contribution in [2.24, 2.45) is 0 Å². The molecule has 138 valence electrons. The van der Waals surface area contributed by atoms with Crippen molar-refractivity contribution < 1.29 is 0 Å². The number of anilines is 1. The van der Waals surface area contributed by atoms with Crippen LogP contribution in [0.5, 0.6) is 0 Å². The van der Waals surface area contributed by atoms with E-state index in [1.54, 1.807) is 0 Å². The molecule has 0 aliphatic carbocycles. The van der Waals surface area contributed by atoms with Gasteiger partial charge in [-0.2, -0.15) is 0 Å². The van der Waals surface area contributed by atoms with Crippen LogP contribution in [0.2, 0.25) is 0 Å². The molecule has 0 radical (unpaired) electrons. The predicted octanol–water partition coefficient (Wildman–Crippen LogP) is 3.68. The van der Waals surface area contributed by atoms with E-state index in [1.165, 1.54) is 12.0 Å². The zero-order valence-corrected chi connectivity index (χ0v) is 16.1. The van der Waals surface area contributed by atoms with E-state index in [0.717, 1.165) is 61.9 Å². The van der Waals surface area contributed by atoms with E-state index in [-0.39, 0.29) is 0 Å². The molecular formula is C21H29N5. The van der Waals surface area contributed by atoms with Crippen LogP contribution in [0.3, 0.4) is 0 Å². The Balaban J connectivity index is 1.68. The van der Waals surface area contributed by atoms with Crippen molar-refractivity contribution in [1.82, 2.24) is 19.9 Å². The number of nitrogens with zero attached hydrogens (tertiary/aromatic N) is 5. The summed E-state index contributed by atoms with van der Waals surface area (Å²) in [5, 5.41) is 0. The summed E-state index contributed by atoms with van der Waals surface area (Å²) in [7, 11) is 0. The van der Waals surface area contributed by atoms with Crippen molar-refractivity contribution in [2.75, 3.05) is 18.0 Å². The Morgan fingerprint density at radius 2 is 2.04 bits per heavy atom. The average molecular weight is 351 g/mol. The summed E-state index contributed by atoms with van der Waals surface area (Å²) in [4.78, 5) is 19.5. The summed E-state index contributed by atoms with van der Waals surface area (Å²) >= 11 is 0. The van der Waals surface area contributed by atoms with Crippen LogP contribution in [0.25, 0.3) is 0 Å². The van der Waals surface area contributed by atoms with Gasteiger partial charge in [-0.25, -0.2) is 9.97 Å². The molecule has 1 unspecified atom stereocenters. The summed E-state index contributed by atoms with van der Waals surface area (Å²) in [5.74, 6) is 2.15. The summed E-state index contributed by atoms with van der Waals surface area (Å²) in [6.45, 7) is 9.72. The monoisotopic (exact) mass is 351 g/mol. The quantitative estimate of drug-likeness (QED) is 0.841. The van der Waals surface area contributed by atoms with Crippen molar-refractivity contribution in [3.63, 3.8) is 0 Å². The molecule has 1 fully saturated rings. The standard InChI is InChI=1S/C21H29N5/c1-15(2)26-13-7-10-19(26)20-23-16(3)18-9-6-12-25(21(18)24-20)14-17-8-4-5-11-22-17/h4-5,8,11,15,19H,6-7,9-10,12-14H2,1-3H3. The zero-order valence-electron chi connectivity index (χ0n) is 16.1. The number of aryl methyl sites for hydroxylation is 1. The smallest absolute Gasteiger partial charge is 0.148 e. The Labute approximate surface area is 156 Å². The lowest BCUT2D eigenvalue weighted by Crippen LogP contribution is -2.34. The van der Waals surface area contributed by atoms with Gasteiger partial charge in [0.15, 0.2) is 0 Å². The molecule has 2 aliphatic rings. The molecule has 5 heteroatoms. The molecule has 0 N–H and O–H groups in total. The third-order valence-corrected chi connectivity index (χ3v) is 5.70. The Morgan fingerprint density at radius 3 is 2.81 bits per heavy atom. The predicted molar refractivity (Wildman–Crippen MR) is 104 cm³/mol. The lowest BCUT2D eigenvalue weighted by Gasteiger charge is -2.33. The Hall–Kier alpha value is -2.01. The van der Waals surface area contributed by atoms with Crippen molar-refractivity contribution in [3.05, 3.63) is 47.2 Å². The second-order valence-electron chi connectivity index (χ2n) is 7.81. The van der Waals surface area contributed by atoms with Gasteiger partial charge in [0.25, 0.3) is 0 Å². The second kappa shape index (κ2) is 7.31. The van der Waals surface area contributed by atoms with E-state index in [9.17, 15) is 0 Å². The number of fused-ring (bicyclic) bond motifs is 1. The van der Waals surface area contributed by atoms with Crippen LogP contribution in [0.1, 0.15) is 61.9 Å². The third kappa shape index (κ3) is 3.32. The van der Waals surface area contributed by atoms with Crippen molar-refractivity contribution in [3.8, 4) is 0 Å². The lowest BCUT2D eigenvalue weighted by atomic mass is 10.0. The first-order valence-corrected chi connectivity index (χ1v) is 9.91. The molecule has 0 amide bonds. The van der Waals surface area contributed by atoms with Crippen LogP contribution in [-0.2, 0) is 13.0 Å². The van der Waals surface area contributed by atoms with Gasteiger partial charge in [-0.15, -0.1) is 0 Å². The second-order valence-corrected chi connectivity index (χ2v) is 7.81. The highest BCUT2D eigenvalue weighted by molar-refractivity contribution is 5.51. The van der Waals surface area contributed by atoms with Gasteiger partial charge in [0.2, 0.25) is 0 Å². The van der Waals surface area contributed by atoms with Crippen molar-refractivity contribution in [2.45, 2.75) is 65.1 Å². The minimum atomic E-state index is 0.359. The van der Waals surface area contributed by atoms with Gasteiger partial charge < -0.3 is 4.90 Å². The highest BCUT2D eigenvalue weighted by Crippen LogP contribution is 2.35. The fraction of sp³-hybridized carbons (Fsp3) is 0.571. The minimum absolute atomic E-state index is 0.359. The van der Waals surface area contributed by atoms with Crippen LogP contribution >= 0.6 is 0 Å². The fourth-order valence-electron chi connectivity index (χ4n) is 4.38. The van der Waals surface area contributed by atoms with Crippen LogP contribution in [0, 0.1) is 6.92 Å². The van der Waals surface area contributed by atoms with Crippen molar-refractivity contribution >= 4 is 5.82 Å². The topological polar surface area (TPSA) is 45.2 Å². The van der Waals surface area contributed by atoms with Gasteiger partial charge in [0.1, 0.15) is 11.6 Å². The molecule has 1 saturated heterocycles. The molecule has 0 bridgehead atoms. The van der Waals surface area contributed by atoms with E-state index in [2.05, 4.69) is 47.7 Å². The maximum Gasteiger partial charge on any atom is 0.148 e. The molecule has 1 atom stereocenters. The van der Waals surface area contributed by atoms with Gasteiger partial charge in [0, 0.05) is 30.0 Å². The largest absolute Gasteiger partial charge is 0.350 e. The Kier molecular flexibility index (Phi) is 4.90. The first-order chi connectivity index (χ1) is 12.6. The zero-order chi connectivity index (χ0) is 18.1. The summed E-state index contributed by atoms with van der Waals surface area (Å²) in [6, 6.07) is 7.02. The normalized spacial score (nSPS) is 20.6. The van der Waals surface area contributed by atoms with Gasteiger partial charge in [0.05, 0.1) is 18.3 Å². The molecule has 0 spiro atoms. The Morgan fingerprint density at radius 1 is 1.15 bits per heavy atom. The fourth-order valence-corrected chi connectivity index (χ4v) is 4.38. The molecule has 4 heterocycles. The van der Waals surface area contributed by atoms with Gasteiger partial charge in [-0.05, 0) is 65.1 Å². The van der Waals surface area contributed by atoms with Gasteiger partial charge >= 0.3 is 0 Å². The highest BCUT2D eigenvalue weighted by atomic mass is 15.3. The van der Waals surface area contributed by atoms with Crippen LogP contribution in [0.4, 0.5) is 5.82 Å². The molecule has 0 aromatic carbocycles. The van der Waals surface area contributed by atoms with Gasteiger partial charge in [-0.1, -0.05) is 6.07 Å². The number of likely N-dealkylation sites (tertiary alicyclic amines) is 1. The summed E-state index contributed by atoms with van der Waals surface area (Å²) < 4.78 is 0. The van der Waals surface area contributed by atoms with Crippen LogP contribution < -0.4 is 4.90 Å². The molecular weight excluding hydrogens is 322 g/mol. The number of hydrogen-bond acceptors (Lipinski definition) is 5. The number of pyridine rings is 1. The Bertz CT molecular complexity index is 758. The molecule has 2 aromatic rings. The molecule has 4 rings (SSSR count). The SMILES string of the molecule is Cc1nc(C2CCCN2C(C)C)nc2c1CCCN2Cc1ccccn1. The summed E-state index contributed by atoms with van der Waals surface area (Å²) in [6.07, 6.45) is 6.51. The van der Waals surface area contributed by atoms with E-state index in [4.69, 9.17) is 9.97 Å². The molecule has 26 heavy (non-hydrogen) atoms. The maximum absolute atomic E-state index is 5.11. The molecule has 0 saturated carbocycles. The van der Waals surface area contributed by atoms with Crippen molar-refractivity contribution in [1.29, 1.82) is 0 Å². The molecule has 2 aromatic heterocycles. The lowest BCUT2D eigenvalue weighted by molar-refractivity contribution is 0.198. The highest BCUT2D eigenvalue weighted by Gasteiger charge is 2.32. The number of rotatable bonds is 4. The summed E-state index contributed by atoms with van der Waals surface area (Å²) in [5.41, 5.74) is 3.58. The molecule has 5 nitrogen and oxygen atoms in total. The first-order valence-electron chi connectivity index (χ1n) is 9.91. The number of hydrogen-bond donors (Lipinski definition) is 0. The van der Waals surface area contributed by atoms with E-state index in [1.807, 2.05) is 12.3 Å². The van der Waals surface area contributed by atoms with Crippen LogP contribution in [-0.4, -0.2) is 39.0 Å². The number of aromatic nitrogens is 3. The molecule has 2 aliphatic heterocycles. The van der Waals surface area contributed by atoms with Crippen LogP contribution in [0.15, 0.2) is 24.4 Å². The first kappa shape index (κ1) is 17.4. The average Bonchev–Trinajstić information content (AvgIpc) is 3.13. The minimum Gasteiger partial charge on any atom is -0.350 e. The van der Waals surface area contributed by atoms with Gasteiger partial charge in [-0.3, -0.25) is 9.88 Å². The van der Waals surface area contributed by atoms with E-state index >= 15 is 0 Å². The maximum atomic E-state index is 5.11.